The van der Waals surface area contributed by atoms with Crippen LogP contribution in [0.4, 0.5) is 9.59 Å². The van der Waals surface area contributed by atoms with Crippen molar-refractivity contribution in [1.82, 2.24) is 20.7 Å². The van der Waals surface area contributed by atoms with Crippen LogP contribution >= 0.6 is 0 Å². The Bertz CT molecular complexity index is 1240. The summed E-state index contributed by atoms with van der Waals surface area (Å²) in [4.78, 5) is 29.8. The van der Waals surface area contributed by atoms with Gasteiger partial charge in [-0.25, -0.2) is 14.6 Å². The maximum absolute atomic E-state index is 12.7. The number of hydrazine groups is 1. The average molecular weight is 563 g/mol. The molecule has 0 unspecified atom stereocenters. The Labute approximate surface area is 242 Å². The van der Waals surface area contributed by atoms with Crippen LogP contribution in [0.3, 0.4) is 0 Å². The van der Waals surface area contributed by atoms with Gasteiger partial charge in [0.15, 0.2) is 0 Å². The third-order valence-electron chi connectivity index (χ3n) is 5.81. The van der Waals surface area contributed by atoms with E-state index < -0.39 is 35.5 Å². The maximum atomic E-state index is 12.7. The summed E-state index contributed by atoms with van der Waals surface area (Å²) >= 11 is 0. The van der Waals surface area contributed by atoms with E-state index in [1.54, 1.807) is 52.7 Å². The van der Waals surface area contributed by atoms with Gasteiger partial charge in [-0.2, -0.15) is 0 Å². The highest BCUT2D eigenvalue weighted by atomic mass is 16.6. The Balaban J connectivity index is 1.80. The predicted molar refractivity (Wildman–Crippen MR) is 159 cm³/mol. The van der Waals surface area contributed by atoms with Crippen LogP contribution in [0.5, 0.6) is 0 Å². The Morgan fingerprint density at radius 3 is 2.02 bits per heavy atom. The molecule has 9 nitrogen and oxygen atoms in total. The molecule has 0 aliphatic carbocycles. The first kappa shape index (κ1) is 31.6. The van der Waals surface area contributed by atoms with Gasteiger partial charge >= 0.3 is 12.2 Å². The molecule has 0 saturated carbocycles. The minimum atomic E-state index is -1.06. The number of nitrogens with one attached hydrogen (secondary N) is 2. The van der Waals surface area contributed by atoms with Crippen LogP contribution in [-0.4, -0.2) is 57.2 Å². The average Bonchev–Trinajstić information content (AvgIpc) is 2.87. The van der Waals surface area contributed by atoms with Crippen LogP contribution in [0.2, 0.25) is 0 Å². The minimum Gasteiger partial charge on any atom is -0.444 e. The number of nitrogens with zero attached hydrogens (tertiary/aromatic N) is 2. The van der Waals surface area contributed by atoms with Crippen molar-refractivity contribution in [3.63, 3.8) is 0 Å². The smallest absolute Gasteiger partial charge is 0.422 e. The molecule has 0 saturated heterocycles. The lowest BCUT2D eigenvalue weighted by molar-refractivity contribution is 0.0106. The Kier molecular flexibility index (Phi) is 10.9. The molecule has 0 aliphatic heterocycles. The summed E-state index contributed by atoms with van der Waals surface area (Å²) in [5, 5.41) is 15.8. The first-order chi connectivity index (χ1) is 19.3. The van der Waals surface area contributed by atoms with E-state index in [4.69, 9.17) is 9.47 Å². The summed E-state index contributed by atoms with van der Waals surface area (Å²) in [7, 11) is 0. The van der Waals surface area contributed by atoms with Gasteiger partial charge in [-0.05, 0) is 71.2 Å². The summed E-state index contributed by atoms with van der Waals surface area (Å²) < 4.78 is 10.9. The number of ether oxygens (including phenoxy) is 2. The zero-order chi connectivity index (χ0) is 30.0. The number of aromatic nitrogens is 1. The van der Waals surface area contributed by atoms with Gasteiger partial charge in [0, 0.05) is 24.8 Å². The number of hydrogen-bond acceptors (Lipinski definition) is 7. The number of rotatable bonds is 10. The predicted octanol–water partition coefficient (Wildman–Crippen LogP) is 5.49. The van der Waals surface area contributed by atoms with Crippen molar-refractivity contribution < 1.29 is 24.2 Å². The molecule has 220 valence electrons. The van der Waals surface area contributed by atoms with Crippen molar-refractivity contribution in [3.8, 4) is 11.3 Å². The van der Waals surface area contributed by atoms with E-state index in [1.807, 2.05) is 72.8 Å². The van der Waals surface area contributed by atoms with Crippen molar-refractivity contribution in [2.24, 2.45) is 0 Å². The molecule has 0 spiro atoms. The van der Waals surface area contributed by atoms with Gasteiger partial charge in [-0.15, -0.1) is 0 Å². The molecular weight excluding hydrogens is 520 g/mol. The second-order valence-electron chi connectivity index (χ2n) is 11.9. The number of benzene rings is 2. The summed E-state index contributed by atoms with van der Waals surface area (Å²) in [5.74, 6) is 0. The Morgan fingerprint density at radius 1 is 0.829 bits per heavy atom. The third-order valence-corrected chi connectivity index (χ3v) is 5.81. The molecule has 1 aromatic heterocycles. The molecule has 2 atom stereocenters. The second kappa shape index (κ2) is 14.1. The van der Waals surface area contributed by atoms with E-state index in [0.29, 0.717) is 6.42 Å². The maximum Gasteiger partial charge on any atom is 0.422 e. The zero-order valence-electron chi connectivity index (χ0n) is 24.8. The van der Waals surface area contributed by atoms with Crippen LogP contribution < -0.4 is 10.7 Å². The molecule has 9 heteroatoms. The number of amides is 2. The van der Waals surface area contributed by atoms with Crippen molar-refractivity contribution in [2.75, 3.05) is 6.54 Å². The highest BCUT2D eigenvalue weighted by Gasteiger charge is 2.28. The van der Waals surface area contributed by atoms with Gasteiger partial charge < -0.3 is 19.9 Å². The van der Waals surface area contributed by atoms with Gasteiger partial charge in [0.1, 0.15) is 11.2 Å². The molecule has 0 aliphatic rings. The fourth-order valence-electron chi connectivity index (χ4n) is 4.08. The Hall–Kier alpha value is -3.95. The van der Waals surface area contributed by atoms with Crippen molar-refractivity contribution in [1.29, 1.82) is 0 Å². The second-order valence-corrected chi connectivity index (χ2v) is 11.9. The van der Waals surface area contributed by atoms with E-state index in [2.05, 4.69) is 15.7 Å². The monoisotopic (exact) mass is 562 g/mol. The largest absolute Gasteiger partial charge is 0.444 e. The van der Waals surface area contributed by atoms with E-state index in [0.717, 1.165) is 22.4 Å². The fraction of sp³-hybridized carbons (Fsp3) is 0.406. The summed E-state index contributed by atoms with van der Waals surface area (Å²) in [6.07, 6.45) is -0.233. The van der Waals surface area contributed by atoms with Crippen LogP contribution in [0, 0.1) is 0 Å². The van der Waals surface area contributed by atoms with Crippen LogP contribution in [0.1, 0.15) is 52.7 Å². The van der Waals surface area contributed by atoms with Gasteiger partial charge in [0.25, 0.3) is 0 Å². The van der Waals surface area contributed by atoms with E-state index in [1.165, 1.54) is 0 Å². The molecule has 0 bridgehead atoms. The lowest BCUT2D eigenvalue weighted by Crippen LogP contribution is -2.54. The molecule has 2 amide bonds. The van der Waals surface area contributed by atoms with Crippen LogP contribution in [-0.2, 0) is 22.4 Å². The highest BCUT2D eigenvalue weighted by molar-refractivity contribution is 5.68. The van der Waals surface area contributed by atoms with Gasteiger partial charge in [0.2, 0.25) is 0 Å². The van der Waals surface area contributed by atoms with Gasteiger partial charge in [-0.1, -0.05) is 60.7 Å². The summed E-state index contributed by atoms with van der Waals surface area (Å²) in [5.41, 5.74) is 5.02. The molecule has 2 aromatic carbocycles. The molecule has 3 N–H and O–H groups in total. The number of hydrogen-bond donors (Lipinski definition) is 3. The number of aliphatic hydroxyl groups is 1. The number of aliphatic hydroxyl groups excluding tert-OH is 1. The van der Waals surface area contributed by atoms with Crippen molar-refractivity contribution >= 4 is 12.2 Å². The molecule has 1 heterocycles. The topological polar surface area (TPSA) is 113 Å². The molecule has 3 rings (SSSR count). The van der Waals surface area contributed by atoms with Crippen LogP contribution in [0.25, 0.3) is 11.3 Å². The molecule has 0 fully saturated rings. The first-order valence-electron chi connectivity index (χ1n) is 13.7. The summed E-state index contributed by atoms with van der Waals surface area (Å²) in [6, 6.07) is 22.4. The van der Waals surface area contributed by atoms with E-state index >= 15 is 0 Å². The molecule has 3 aromatic rings. The minimum absolute atomic E-state index is 0.00847. The lowest BCUT2D eigenvalue weighted by atomic mass is 10.0. The van der Waals surface area contributed by atoms with Crippen molar-refractivity contribution in [2.45, 2.75) is 77.9 Å². The van der Waals surface area contributed by atoms with E-state index in [-0.39, 0.29) is 13.1 Å². The molecular formula is C32H42N4O5. The zero-order valence-corrected chi connectivity index (χ0v) is 24.8. The number of carbonyl (C=O) groups excluding carboxylic acids is 2. The Morgan fingerprint density at radius 2 is 1.44 bits per heavy atom. The molecule has 0 radical (unpaired) electrons. The third kappa shape index (κ3) is 11.6. The first-order valence-corrected chi connectivity index (χ1v) is 13.7. The quantitative estimate of drug-likeness (QED) is 0.280. The van der Waals surface area contributed by atoms with Crippen molar-refractivity contribution in [3.05, 3.63) is 90.1 Å². The number of alkyl carbamates (subject to hydrolysis) is 1. The van der Waals surface area contributed by atoms with Gasteiger partial charge in [-0.3, -0.25) is 10.4 Å². The lowest BCUT2D eigenvalue weighted by Gasteiger charge is -2.31. The SMILES string of the molecule is CC(C)(C)OC(=O)N[C@H](Cc1ccccc1)[C@@H](O)CN(Cc1ccc(-c2ccccn2)cc1)NC(=O)OC(C)(C)C. The molecule has 41 heavy (non-hydrogen) atoms. The fourth-order valence-corrected chi connectivity index (χ4v) is 4.08. The van der Waals surface area contributed by atoms with Gasteiger partial charge in [0.05, 0.1) is 17.8 Å². The standard InChI is InChI=1S/C32H42N4O5/c1-31(2,3)40-29(38)34-27(20-23-12-8-7-9-13-23)28(37)22-36(35-30(39)41-32(4,5)6)21-24-15-17-25(18-16-24)26-14-10-11-19-33-26/h7-19,27-28,37H,20-22H2,1-6H3,(H,34,38)(H,35,39)/t27-,28+/m1/s1. The number of carbonyl (C=O) groups is 2. The highest BCUT2D eigenvalue weighted by Crippen LogP contribution is 2.18. The van der Waals surface area contributed by atoms with E-state index in [9.17, 15) is 14.7 Å². The normalized spacial score (nSPS) is 13.3. The number of pyridine rings is 1. The summed E-state index contributed by atoms with van der Waals surface area (Å²) in [6.45, 7) is 11.0. The van der Waals surface area contributed by atoms with Crippen LogP contribution in [0.15, 0.2) is 79.0 Å².